The second kappa shape index (κ2) is 6.08. The Morgan fingerprint density at radius 1 is 1.41 bits per heavy atom. The molecule has 1 amide bonds. The Labute approximate surface area is 133 Å². The van der Waals surface area contributed by atoms with Crippen LogP contribution < -0.4 is 11.1 Å². The molecule has 3 N–H and O–H groups in total. The second-order valence-corrected chi connectivity index (χ2v) is 7.04. The van der Waals surface area contributed by atoms with Gasteiger partial charge in [-0.3, -0.25) is 4.79 Å². The van der Waals surface area contributed by atoms with E-state index in [1.807, 2.05) is 0 Å². The van der Waals surface area contributed by atoms with Crippen LogP contribution in [0.25, 0.3) is 0 Å². The van der Waals surface area contributed by atoms with Crippen molar-refractivity contribution in [2.75, 3.05) is 5.73 Å². The Bertz CT molecular complexity index is 693. The summed E-state index contributed by atoms with van der Waals surface area (Å²) >= 11 is 1.54. The molecule has 22 heavy (non-hydrogen) atoms. The summed E-state index contributed by atoms with van der Waals surface area (Å²) in [7, 11) is 0. The van der Waals surface area contributed by atoms with E-state index in [9.17, 15) is 9.18 Å². The van der Waals surface area contributed by atoms with Gasteiger partial charge in [0.15, 0.2) is 0 Å². The van der Waals surface area contributed by atoms with Crippen LogP contribution >= 0.6 is 11.3 Å². The van der Waals surface area contributed by atoms with Crippen LogP contribution in [0.15, 0.2) is 24.3 Å². The Morgan fingerprint density at radius 2 is 2.14 bits per heavy atom. The number of benzene rings is 1. The van der Waals surface area contributed by atoms with Gasteiger partial charge in [-0.25, -0.2) is 4.39 Å². The summed E-state index contributed by atoms with van der Waals surface area (Å²) in [5.41, 5.74) is 8.70. The number of amides is 1. The van der Waals surface area contributed by atoms with Crippen LogP contribution in [0.1, 0.15) is 39.7 Å². The minimum Gasteiger partial charge on any atom is -0.390 e. The van der Waals surface area contributed by atoms with E-state index in [0.717, 1.165) is 30.4 Å². The molecule has 0 aliphatic heterocycles. The standard InChI is InChI=1S/C17H19FN2OS/c1-10-2-7-13-14(8-10)22-16(19)15(13)17(21)20-9-11-3-5-12(18)6-4-11/h3-6,10H,2,7-9,19H2,1H3,(H,20,21). The molecule has 3 rings (SSSR count). The third-order valence-corrected chi connectivity index (χ3v) is 5.22. The van der Waals surface area contributed by atoms with Crippen molar-refractivity contribution in [3.05, 3.63) is 51.7 Å². The van der Waals surface area contributed by atoms with Crippen molar-refractivity contribution in [1.82, 2.24) is 5.32 Å². The van der Waals surface area contributed by atoms with Crippen LogP contribution in [0.2, 0.25) is 0 Å². The Kier molecular flexibility index (Phi) is 4.16. The molecule has 1 aliphatic rings. The number of rotatable bonds is 3. The number of fused-ring (bicyclic) bond motifs is 1. The van der Waals surface area contributed by atoms with Crippen LogP contribution in [0.3, 0.4) is 0 Å². The summed E-state index contributed by atoms with van der Waals surface area (Å²) < 4.78 is 12.9. The highest BCUT2D eigenvalue weighted by Gasteiger charge is 2.26. The average Bonchev–Trinajstić information content (AvgIpc) is 2.81. The molecule has 1 unspecified atom stereocenters. The molecule has 0 spiro atoms. The Hall–Kier alpha value is -1.88. The first kappa shape index (κ1) is 15.0. The van der Waals surface area contributed by atoms with Gasteiger partial charge in [0.2, 0.25) is 0 Å². The first-order valence-electron chi connectivity index (χ1n) is 7.47. The largest absolute Gasteiger partial charge is 0.390 e. The maximum absolute atomic E-state index is 12.9. The van der Waals surface area contributed by atoms with Gasteiger partial charge < -0.3 is 11.1 Å². The number of hydrogen-bond donors (Lipinski definition) is 2. The molecule has 1 atom stereocenters. The molecule has 1 aromatic carbocycles. The number of hydrogen-bond acceptors (Lipinski definition) is 3. The molecule has 1 heterocycles. The molecule has 1 aliphatic carbocycles. The van der Waals surface area contributed by atoms with Crippen LogP contribution in [0.5, 0.6) is 0 Å². The van der Waals surface area contributed by atoms with Crippen molar-refractivity contribution < 1.29 is 9.18 Å². The van der Waals surface area contributed by atoms with Crippen molar-refractivity contribution in [3.63, 3.8) is 0 Å². The zero-order valence-electron chi connectivity index (χ0n) is 12.5. The van der Waals surface area contributed by atoms with E-state index in [4.69, 9.17) is 5.73 Å². The SMILES string of the molecule is CC1CCc2c(sc(N)c2C(=O)NCc2ccc(F)cc2)C1. The number of nitrogens with one attached hydrogen (secondary N) is 1. The maximum atomic E-state index is 12.9. The van der Waals surface area contributed by atoms with E-state index in [1.54, 1.807) is 12.1 Å². The molecular formula is C17H19FN2OS. The zero-order valence-corrected chi connectivity index (χ0v) is 13.3. The van der Waals surface area contributed by atoms with E-state index in [0.29, 0.717) is 23.0 Å². The summed E-state index contributed by atoms with van der Waals surface area (Å²) in [6, 6.07) is 6.13. The van der Waals surface area contributed by atoms with Crippen molar-refractivity contribution in [1.29, 1.82) is 0 Å². The average molecular weight is 318 g/mol. The fourth-order valence-electron chi connectivity index (χ4n) is 2.89. The van der Waals surface area contributed by atoms with Crippen LogP contribution in [0.4, 0.5) is 9.39 Å². The van der Waals surface area contributed by atoms with Crippen LogP contribution in [0, 0.1) is 11.7 Å². The summed E-state index contributed by atoms with van der Waals surface area (Å²) in [6.45, 7) is 2.60. The molecule has 0 fully saturated rings. The number of anilines is 1. The maximum Gasteiger partial charge on any atom is 0.254 e. The third-order valence-electron chi connectivity index (χ3n) is 4.13. The summed E-state index contributed by atoms with van der Waals surface area (Å²) in [6.07, 6.45) is 3.03. The number of halogens is 1. The lowest BCUT2D eigenvalue weighted by molar-refractivity contribution is 0.0951. The van der Waals surface area contributed by atoms with Crippen molar-refractivity contribution in [2.45, 2.75) is 32.7 Å². The van der Waals surface area contributed by atoms with Crippen molar-refractivity contribution in [2.24, 2.45) is 5.92 Å². The quantitative estimate of drug-likeness (QED) is 0.909. The molecule has 2 aromatic rings. The molecule has 1 aromatic heterocycles. The predicted molar refractivity (Wildman–Crippen MR) is 87.5 cm³/mol. The first-order valence-corrected chi connectivity index (χ1v) is 8.29. The fraction of sp³-hybridized carbons (Fsp3) is 0.353. The molecular weight excluding hydrogens is 299 g/mol. The monoisotopic (exact) mass is 318 g/mol. The van der Waals surface area contributed by atoms with Crippen LogP contribution in [-0.4, -0.2) is 5.91 Å². The number of carbonyl (C=O) groups excluding carboxylic acids is 1. The first-order chi connectivity index (χ1) is 10.5. The minimum absolute atomic E-state index is 0.131. The number of carbonyl (C=O) groups is 1. The normalized spacial score (nSPS) is 17.1. The van der Waals surface area contributed by atoms with Crippen molar-refractivity contribution in [3.8, 4) is 0 Å². The highest BCUT2D eigenvalue weighted by molar-refractivity contribution is 7.16. The smallest absolute Gasteiger partial charge is 0.254 e. The lowest BCUT2D eigenvalue weighted by Crippen LogP contribution is -2.25. The third kappa shape index (κ3) is 2.99. The van der Waals surface area contributed by atoms with E-state index in [2.05, 4.69) is 12.2 Å². The van der Waals surface area contributed by atoms with E-state index < -0.39 is 0 Å². The van der Waals surface area contributed by atoms with Gasteiger partial charge in [0.25, 0.3) is 5.91 Å². The predicted octanol–water partition coefficient (Wildman–Crippen LogP) is 3.52. The van der Waals surface area contributed by atoms with Gasteiger partial charge in [-0.1, -0.05) is 19.1 Å². The summed E-state index contributed by atoms with van der Waals surface area (Å²) in [5.74, 6) is 0.245. The Morgan fingerprint density at radius 3 is 2.86 bits per heavy atom. The van der Waals surface area contributed by atoms with Gasteiger partial charge in [-0.15, -0.1) is 11.3 Å². The lowest BCUT2D eigenvalue weighted by atomic mass is 9.88. The Balaban J connectivity index is 1.74. The van der Waals surface area contributed by atoms with Gasteiger partial charge in [0.05, 0.1) is 10.6 Å². The summed E-state index contributed by atoms with van der Waals surface area (Å²) in [4.78, 5) is 13.7. The zero-order chi connectivity index (χ0) is 15.7. The highest BCUT2D eigenvalue weighted by atomic mass is 32.1. The van der Waals surface area contributed by atoms with E-state index in [1.165, 1.54) is 28.3 Å². The topological polar surface area (TPSA) is 55.1 Å². The van der Waals surface area contributed by atoms with Gasteiger partial charge in [0, 0.05) is 11.4 Å². The summed E-state index contributed by atoms with van der Waals surface area (Å²) in [5, 5.41) is 3.50. The van der Waals surface area contributed by atoms with Gasteiger partial charge in [-0.05, 0) is 48.4 Å². The second-order valence-electron chi connectivity index (χ2n) is 5.90. The lowest BCUT2D eigenvalue weighted by Gasteiger charge is -2.18. The molecule has 0 saturated heterocycles. The van der Waals surface area contributed by atoms with Gasteiger partial charge in [-0.2, -0.15) is 0 Å². The minimum atomic E-state index is -0.277. The van der Waals surface area contributed by atoms with E-state index >= 15 is 0 Å². The van der Waals surface area contributed by atoms with Crippen molar-refractivity contribution >= 4 is 22.2 Å². The molecule has 0 saturated carbocycles. The molecule has 5 heteroatoms. The molecule has 116 valence electrons. The molecule has 0 bridgehead atoms. The number of nitrogen functional groups attached to an aromatic ring is 1. The van der Waals surface area contributed by atoms with E-state index in [-0.39, 0.29) is 11.7 Å². The number of thiophene rings is 1. The molecule has 0 radical (unpaired) electrons. The van der Waals surface area contributed by atoms with Crippen LogP contribution in [-0.2, 0) is 19.4 Å². The van der Waals surface area contributed by atoms with Gasteiger partial charge >= 0.3 is 0 Å². The molecule has 3 nitrogen and oxygen atoms in total. The fourth-order valence-corrected chi connectivity index (χ4v) is 4.17. The van der Waals surface area contributed by atoms with Gasteiger partial charge in [0.1, 0.15) is 5.82 Å². The highest BCUT2D eigenvalue weighted by Crippen LogP contribution is 2.37. The number of nitrogens with two attached hydrogens (primary N) is 1.